The number of amides is 2. The number of hydrogen-bond donors (Lipinski definition) is 0. The molecular weight excluding hydrogens is 466 g/mol. The number of rotatable bonds is 4. The van der Waals surface area contributed by atoms with Crippen LogP contribution >= 0.6 is 0 Å². The maximum absolute atomic E-state index is 14.6. The summed E-state index contributed by atoms with van der Waals surface area (Å²) in [6.07, 6.45) is 0.256. The Morgan fingerprint density at radius 3 is 2.34 bits per heavy atom. The quantitative estimate of drug-likeness (QED) is 0.488. The van der Waals surface area contributed by atoms with Crippen LogP contribution in [0.3, 0.4) is 0 Å². The zero-order chi connectivity index (χ0) is 25.2. The number of alkyl halides is 3. The van der Waals surface area contributed by atoms with E-state index in [1.807, 2.05) is 0 Å². The first-order chi connectivity index (χ1) is 16.6. The second-order valence-electron chi connectivity index (χ2n) is 8.32. The summed E-state index contributed by atoms with van der Waals surface area (Å²) in [5.74, 6) is -0.494. The van der Waals surface area contributed by atoms with Crippen molar-refractivity contribution in [2.75, 3.05) is 27.2 Å². The summed E-state index contributed by atoms with van der Waals surface area (Å²) in [5.41, 5.74) is -0.0205. The molecule has 3 aromatic rings. The van der Waals surface area contributed by atoms with Crippen molar-refractivity contribution >= 4 is 6.03 Å². The van der Waals surface area contributed by atoms with Gasteiger partial charge in [0.1, 0.15) is 11.8 Å². The molecule has 3 heterocycles. The maximum Gasteiger partial charge on any atom is 0.416 e. The van der Waals surface area contributed by atoms with Gasteiger partial charge in [0.05, 0.1) is 23.7 Å². The minimum Gasteiger partial charge on any atom is -0.473 e. The number of hydrogen-bond acceptors (Lipinski definition) is 5. The minimum absolute atomic E-state index is 0.0698. The van der Waals surface area contributed by atoms with Gasteiger partial charge >= 0.3 is 12.2 Å². The van der Waals surface area contributed by atoms with E-state index >= 15 is 0 Å². The summed E-state index contributed by atoms with van der Waals surface area (Å²) < 4.78 is 59.5. The molecule has 7 nitrogen and oxygen atoms in total. The molecule has 184 valence electrons. The smallest absolute Gasteiger partial charge is 0.416 e. The molecule has 35 heavy (non-hydrogen) atoms. The van der Waals surface area contributed by atoms with Crippen molar-refractivity contribution in [3.8, 4) is 28.4 Å². The fourth-order valence-corrected chi connectivity index (χ4v) is 3.83. The van der Waals surface area contributed by atoms with Crippen LogP contribution in [0, 0.1) is 5.82 Å². The third-order valence-corrected chi connectivity index (χ3v) is 5.65. The zero-order valence-electron chi connectivity index (χ0n) is 19.1. The molecule has 1 aromatic carbocycles. The summed E-state index contributed by atoms with van der Waals surface area (Å²) in [5, 5.41) is 0. The van der Waals surface area contributed by atoms with E-state index in [9.17, 15) is 22.4 Å². The number of ether oxygens (including phenoxy) is 1. The van der Waals surface area contributed by atoms with Crippen molar-refractivity contribution in [1.29, 1.82) is 0 Å². The largest absolute Gasteiger partial charge is 0.473 e. The number of piperidine rings is 1. The van der Waals surface area contributed by atoms with E-state index < -0.39 is 17.6 Å². The summed E-state index contributed by atoms with van der Waals surface area (Å²) in [6.45, 7) is 1.04. The van der Waals surface area contributed by atoms with E-state index in [1.54, 1.807) is 19.0 Å². The number of pyridine rings is 1. The molecular formula is C24H23F4N5O2. The van der Waals surface area contributed by atoms with E-state index in [2.05, 4.69) is 15.0 Å². The summed E-state index contributed by atoms with van der Waals surface area (Å²) in [6, 6.07) is 5.77. The van der Waals surface area contributed by atoms with Crippen molar-refractivity contribution < 1.29 is 27.1 Å². The van der Waals surface area contributed by atoms with E-state index in [4.69, 9.17) is 4.74 Å². The predicted octanol–water partition coefficient (Wildman–Crippen LogP) is 4.89. The molecule has 0 unspecified atom stereocenters. The van der Waals surface area contributed by atoms with Gasteiger partial charge < -0.3 is 14.5 Å². The fourth-order valence-electron chi connectivity index (χ4n) is 3.83. The molecule has 1 saturated heterocycles. The van der Waals surface area contributed by atoms with Crippen LogP contribution < -0.4 is 4.74 Å². The lowest BCUT2D eigenvalue weighted by Gasteiger charge is -2.33. The van der Waals surface area contributed by atoms with E-state index in [0.717, 1.165) is 18.3 Å². The number of carbonyl (C=O) groups is 1. The molecule has 0 aliphatic carbocycles. The average Bonchev–Trinajstić information content (AvgIpc) is 2.84. The molecule has 4 rings (SSSR count). The Labute approximate surface area is 199 Å². The number of urea groups is 1. The highest BCUT2D eigenvalue weighted by Crippen LogP contribution is 2.35. The third-order valence-electron chi connectivity index (χ3n) is 5.65. The number of nitrogens with zero attached hydrogens (tertiary/aromatic N) is 5. The molecule has 2 aromatic heterocycles. The lowest BCUT2D eigenvalue weighted by molar-refractivity contribution is -0.137. The number of carbonyl (C=O) groups excluding carboxylic acids is 1. The second kappa shape index (κ2) is 9.85. The van der Waals surface area contributed by atoms with Crippen LogP contribution in [-0.4, -0.2) is 64.1 Å². The average molecular weight is 489 g/mol. The fraction of sp³-hybridized carbons (Fsp3) is 0.333. The molecule has 0 atom stereocenters. The van der Waals surface area contributed by atoms with Crippen molar-refractivity contribution in [3.05, 3.63) is 60.3 Å². The summed E-state index contributed by atoms with van der Waals surface area (Å²) in [7, 11) is 3.39. The van der Waals surface area contributed by atoms with Gasteiger partial charge in [0.15, 0.2) is 5.82 Å². The molecule has 0 spiro atoms. The first kappa shape index (κ1) is 24.4. The Morgan fingerprint density at radius 2 is 1.74 bits per heavy atom. The lowest BCUT2D eigenvalue weighted by Crippen LogP contribution is -2.46. The summed E-state index contributed by atoms with van der Waals surface area (Å²) >= 11 is 0. The lowest BCUT2D eigenvalue weighted by atomic mass is 10.0. The summed E-state index contributed by atoms with van der Waals surface area (Å²) in [4.78, 5) is 28.0. The Balaban J connectivity index is 1.61. The van der Waals surface area contributed by atoms with E-state index in [-0.39, 0.29) is 35.0 Å². The van der Waals surface area contributed by atoms with Crippen LogP contribution in [0.5, 0.6) is 5.88 Å². The Bertz CT molecular complexity index is 1190. The van der Waals surface area contributed by atoms with Crippen LogP contribution in [0.2, 0.25) is 0 Å². The zero-order valence-corrected chi connectivity index (χ0v) is 19.1. The van der Waals surface area contributed by atoms with E-state index in [1.165, 1.54) is 35.5 Å². The maximum atomic E-state index is 14.6. The highest BCUT2D eigenvalue weighted by Gasteiger charge is 2.30. The predicted molar refractivity (Wildman–Crippen MR) is 120 cm³/mol. The van der Waals surface area contributed by atoms with Gasteiger partial charge in [-0.25, -0.2) is 19.2 Å². The second-order valence-corrected chi connectivity index (χ2v) is 8.32. The molecule has 2 amide bonds. The van der Waals surface area contributed by atoms with Crippen molar-refractivity contribution in [2.24, 2.45) is 0 Å². The third kappa shape index (κ3) is 5.50. The van der Waals surface area contributed by atoms with Crippen molar-refractivity contribution in [3.63, 3.8) is 0 Å². The molecule has 1 fully saturated rings. The van der Waals surface area contributed by atoms with Gasteiger partial charge in [0.2, 0.25) is 5.88 Å². The van der Waals surface area contributed by atoms with Gasteiger partial charge in [-0.3, -0.25) is 4.98 Å². The molecule has 0 N–H and O–H groups in total. The Morgan fingerprint density at radius 1 is 1.06 bits per heavy atom. The van der Waals surface area contributed by atoms with Crippen LogP contribution in [0.15, 0.2) is 48.9 Å². The minimum atomic E-state index is -4.48. The van der Waals surface area contributed by atoms with E-state index in [0.29, 0.717) is 31.5 Å². The van der Waals surface area contributed by atoms with Crippen molar-refractivity contribution in [1.82, 2.24) is 24.8 Å². The number of likely N-dealkylation sites (tertiary alicyclic amines) is 1. The van der Waals surface area contributed by atoms with Crippen LogP contribution in [0.25, 0.3) is 22.5 Å². The number of aromatic nitrogens is 3. The first-order valence-corrected chi connectivity index (χ1v) is 10.9. The van der Waals surface area contributed by atoms with Crippen LogP contribution in [0.4, 0.5) is 22.4 Å². The number of benzene rings is 1. The molecule has 0 radical (unpaired) electrons. The standard InChI is InChI=1S/C24H23F4N5O2/c1-32(2)23(34)33-11-8-17(9-12-33)35-20-14-30-21(15-3-5-16(6-4-15)24(26,27)28)22(31-20)18-7-10-29-13-19(18)25/h3-7,10,13-14,17H,8-9,11-12H2,1-2H3. The Kier molecular flexibility index (Phi) is 6.86. The van der Waals surface area contributed by atoms with Gasteiger partial charge in [-0.2, -0.15) is 13.2 Å². The topological polar surface area (TPSA) is 71.5 Å². The molecule has 1 aliphatic heterocycles. The van der Waals surface area contributed by atoms with Crippen LogP contribution in [0.1, 0.15) is 18.4 Å². The van der Waals surface area contributed by atoms with Gasteiger partial charge in [-0.1, -0.05) is 12.1 Å². The molecule has 0 bridgehead atoms. The molecule has 1 aliphatic rings. The van der Waals surface area contributed by atoms with Crippen molar-refractivity contribution in [2.45, 2.75) is 25.1 Å². The van der Waals surface area contributed by atoms with Gasteiger partial charge in [-0.05, 0) is 18.2 Å². The molecule has 11 heteroatoms. The highest BCUT2D eigenvalue weighted by molar-refractivity contribution is 5.78. The molecule has 0 saturated carbocycles. The van der Waals surface area contributed by atoms with Gasteiger partial charge in [0, 0.05) is 57.4 Å². The Hall–Kier alpha value is -3.76. The first-order valence-electron chi connectivity index (χ1n) is 10.9. The highest BCUT2D eigenvalue weighted by atomic mass is 19.4. The van der Waals surface area contributed by atoms with Gasteiger partial charge in [-0.15, -0.1) is 0 Å². The monoisotopic (exact) mass is 489 g/mol. The van der Waals surface area contributed by atoms with Crippen LogP contribution in [-0.2, 0) is 6.18 Å². The van der Waals surface area contributed by atoms with Gasteiger partial charge in [0.25, 0.3) is 0 Å². The SMILES string of the molecule is CN(C)C(=O)N1CCC(Oc2cnc(-c3ccc(C(F)(F)F)cc3)c(-c3ccncc3F)n2)CC1. The normalized spacial score (nSPS) is 14.6. The number of halogens is 4.